The summed E-state index contributed by atoms with van der Waals surface area (Å²) in [7, 11) is 3.74. The molecule has 0 saturated carbocycles. The van der Waals surface area contributed by atoms with Crippen molar-refractivity contribution in [3.8, 4) is 0 Å². The molecule has 0 aliphatic carbocycles. The van der Waals surface area contributed by atoms with E-state index in [1.165, 1.54) is 0 Å². The zero-order valence-corrected chi connectivity index (χ0v) is 11.7. The van der Waals surface area contributed by atoms with Gasteiger partial charge in [0.2, 0.25) is 0 Å². The fraction of sp³-hybridized carbons (Fsp3) is 0.917. The van der Waals surface area contributed by atoms with E-state index in [9.17, 15) is 4.79 Å². The third-order valence-corrected chi connectivity index (χ3v) is 2.69. The molecule has 0 radical (unpaired) electrons. The molecule has 0 spiro atoms. The first-order chi connectivity index (χ1) is 8.00. The van der Waals surface area contributed by atoms with Gasteiger partial charge in [-0.3, -0.25) is 4.79 Å². The highest BCUT2D eigenvalue weighted by atomic mass is 16.5. The zero-order chi connectivity index (χ0) is 13.3. The number of hydrogen-bond acceptors (Lipinski definition) is 5. The number of carbonyl (C=O) groups excluding carboxylic acids is 1. The molecule has 0 aromatic heterocycles. The van der Waals surface area contributed by atoms with Gasteiger partial charge in [-0.05, 0) is 34.9 Å². The lowest BCUT2D eigenvalue weighted by Crippen LogP contribution is -2.56. The molecule has 5 nitrogen and oxygen atoms in total. The minimum Gasteiger partial charge on any atom is -0.465 e. The summed E-state index contributed by atoms with van der Waals surface area (Å²) in [5, 5.41) is 3.03. The average molecular weight is 246 g/mol. The zero-order valence-electron chi connectivity index (χ0n) is 11.7. The van der Waals surface area contributed by atoms with Crippen molar-refractivity contribution in [3.63, 3.8) is 0 Å². The van der Waals surface area contributed by atoms with Crippen LogP contribution in [0.15, 0.2) is 0 Å². The molecule has 0 rings (SSSR count). The third-order valence-electron chi connectivity index (χ3n) is 2.69. The predicted octanol–water partition coefficient (Wildman–Crippen LogP) is 0.496. The van der Waals surface area contributed by atoms with Crippen molar-refractivity contribution in [2.24, 2.45) is 0 Å². The van der Waals surface area contributed by atoms with Crippen LogP contribution in [0.3, 0.4) is 0 Å². The maximum Gasteiger partial charge on any atom is 0.327 e. The topological polar surface area (TPSA) is 50.8 Å². The van der Waals surface area contributed by atoms with E-state index >= 15 is 0 Å². The Morgan fingerprint density at radius 2 is 2.00 bits per heavy atom. The first-order valence-electron chi connectivity index (χ1n) is 6.12. The van der Waals surface area contributed by atoms with E-state index in [0.717, 1.165) is 13.2 Å². The van der Waals surface area contributed by atoms with Gasteiger partial charge < -0.3 is 19.7 Å². The fourth-order valence-corrected chi connectivity index (χ4v) is 1.52. The Morgan fingerprint density at radius 1 is 1.35 bits per heavy atom. The Morgan fingerprint density at radius 3 is 2.47 bits per heavy atom. The van der Waals surface area contributed by atoms with Crippen LogP contribution >= 0.6 is 0 Å². The van der Waals surface area contributed by atoms with Crippen LogP contribution in [0.1, 0.15) is 20.8 Å². The normalized spacial score (nSPS) is 14.7. The van der Waals surface area contributed by atoms with E-state index in [1.54, 1.807) is 7.05 Å². The van der Waals surface area contributed by atoms with Gasteiger partial charge >= 0.3 is 5.97 Å². The second kappa shape index (κ2) is 8.44. The molecule has 5 heteroatoms. The maximum absolute atomic E-state index is 11.8. The van der Waals surface area contributed by atoms with Crippen LogP contribution in [0.4, 0.5) is 0 Å². The Hall–Kier alpha value is -0.650. The Bertz CT molecular complexity index is 224. The summed E-state index contributed by atoms with van der Waals surface area (Å²) in [5.74, 6) is -0.217. The van der Waals surface area contributed by atoms with E-state index in [2.05, 4.69) is 10.2 Å². The molecule has 1 N–H and O–H groups in total. The molecule has 0 saturated heterocycles. The summed E-state index contributed by atoms with van der Waals surface area (Å²) >= 11 is 0. The molecular formula is C12H26N2O3. The maximum atomic E-state index is 11.8. The van der Waals surface area contributed by atoms with Crippen molar-refractivity contribution < 1.29 is 14.3 Å². The second-order valence-corrected chi connectivity index (χ2v) is 4.24. The summed E-state index contributed by atoms with van der Waals surface area (Å²) in [4.78, 5) is 13.9. The molecule has 1 atom stereocenters. The first-order valence-corrected chi connectivity index (χ1v) is 6.12. The smallest absolute Gasteiger partial charge is 0.327 e. The number of esters is 1. The Kier molecular flexibility index (Phi) is 8.12. The molecular weight excluding hydrogens is 220 g/mol. The predicted molar refractivity (Wildman–Crippen MR) is 68.1 cm³/mol. The Balaban J connectivity index is 4.21. The molecule has 0 amide bonds. The van der Waals surface area contributed by atoms with Crippen LogP contribution in [-0.4, -0.2) is 63.4 Å². The summed E-state index contributed by atoms with van der Waals surface area (Å²) in [5.41, 5.74) is -0.670. The van der Waals surface area contributed by atoms with Crippen molar-refractivity contribution >= 4 is 5.97 Å². The lowest BCUT2D eigenvalue weighted by atomic mass is 10.0. The number of nitrogens with one attached hydrogen (secondary N) is 1. The minimum atomic E-state index is -0.670. The molecule has 0 aliphatic heterocycles. The van der Waals surface area contributed by atoms with Gasteiger partial charge in [-0.1, -0.05) is 0 Å². The quantitative estimate of drug-likeness (QED) is 0.474. The number of hydrogen-bond donors (Lipinski definition) is 1. The number of ether oxygens (including phenoxy) is 2. The van der Waals surface area contributed by atoms with Crippen LogP contribution in [0, 0.1) is 0 Å². The highest BCUT2D eigenvalue weighted by Gasteiger charge is 2.34. The van der Waals surface area contributed by atoms with Crippen molar-refractivity contribution in [3.05, 3.63) is 0 Å². The van der Waals surface area contributed by atoms with Gasteiger partial charge in [0.1, 0.15) is 5.54 Å². The van der Waals surface area contributed by atoms with Gasteiger partial charge in [0.05, 0.1) is 13.2 Å². The van der Waals surface area contributed by atoms with Crippen LogP contribution in [0.25, 0.3) is 0 Å². The SMILES string of the molecule is CCOCCN(C)CC(C)(NC)C(=O)OCC. The summed E-state index contributed by atoms with van der Waals surface area (Å²) in [6, 6.07) is 0. The molecule has 0 aromatic carbocycles. The van der Waals surface area contributed by atoms with Crippen molar-refractivity contribution in [1.82, 2.24) is 10.2 Å². The summed E-state index contributed by atoms with van der Waals surface area (Å²) in [6.07, 6.45) is 0. The van der Waals surface area contributed by atoms with Crippen LogP contribution < -0.4 is 5.32 Å². The fourth-order valence-electron chi connectivity index (χ4n) is 1.52. The molecule has 0 aliphatic rings. The number of nitrogens with zero attached hydrogens (tertiary/aromatic N) is 1. The van der Waals surface area contributed by atoms with Gasteiger partial charge in [0, 0.05) is 19.7 Å². The minimum absolute atomic E-state index is 0.217. The van der Waals surface area contributed by atoms with Crippen molar-refractivity contribution in [2.75, 3.05) is 47.0 Å². The van der Waals surface area contributed by atoms with Crippen molar-refractivity contribution in [1.29, 1.82) is 0 Å². The molecule has 0 bridgehead atoms. The van der Waals surface area contributed by atoms with E-state index in [-0.39, 0.29) is 5.97 Å². The van der Waals surface area contributed by atoms with Gasteiger partial charge in [0.25, 0.3) is 0 Å². The second-order valence-electron chi connectivity index (χ2n) is 4.24. The van der Waals surface area contributed by atoms with Gasteiger partial charge in [-0.15, -0.1) is 0 Å². The van der Waals surface area contributed by atoms with Gasteiger partial charge in [-0.2, -0.15) is 0 Å². The van der Waals surface area contributed by atoms with E-state index in [0.29, 0.717) is 19.8 Å². The highest BCUT2D eigenvalue weighted by molar-refractivity contribution is 5.80. The summed E-state index contributed by atoms with van der Waals surface area (Å²) < 4.78 is 10.3. The number of carbonyl (C=O) groups is 1. The monoisotopic (exact) mass is 246 g/mol. The van der Waals surface area contributed by atoms with Crippen LogP contribution in [-0.2, 0) is 14.3 Å². The Labute approximate surface area is 104 Å². The standard InChI is InChI=1S/C12H26N2O3/c1-6-16-9-8-14(5)10-12(3,13-4)11(15)17-7-2/h13H,6-10H2,1-5H3. The van der Waals surface area contributed by atoms with Crippen molar-refractivity contribution in [2.45, 2.75) is 26.3 Å². The van der Waals surface area contributed by atoms with Crippen LogP contribution in [0.2, 0.25) is 0 Å². The number of rotatable bonds is 9. The molecule has 1 unspecified atom stereocenters. The van der Waals surface area contributed by atoms with E-state index in [1.807, 2.05) is 27.8 Å². The van der Waals surface area contributed by atoms with Crippen LogP contribution in [0.5, 0.6) is 0 Å². The lowest BCUT2D eigenvalue weighted by molar-refractivity contribution is -0.151. The van der Waals surface area contributed by atoms with E-state index in [4.69, 9.17) is 9.47 Å². The lowest BCUT2D eigenvalue weighted by Gasteiger charge is -2.31. The molecule has 0 aromatic rings. The first kappa shape index (κ1) is 16.4. The molecule has 102 valence electrons. The van der Waals surface area contributed by atoms with Gasteiger partial charge in [-0.25, -0.2) is 0 Å². The van der Waals surface area contributed by atoms with E-state index < -0.39 is 5.54 Å². The van der Waals surface area contributed by atoms with Gasteiger partial charge in [0.15, 0.2) is 0 Å². The highest BCUT2D eigenvalue weighted by Crippen LogP contribution is 2.08. The average Bonchev–Trinajstić information content (AvgIpc) is 2.29. The summed E-state index contributed by atoms with van der Waals surface area (Å²) in [6.45, 7) is 8.81. The molecule has 0 heterocycles. The molecule has 0 fully saturated rings. The largest absolute Gasteiger partial charge is 0.465 e. The number of likely N-dealkylation sites (N-methyl/N-ethyl adjacent to an activating group) is 2. The molecule has 17 heavy (non-hydrogen) atoms. The third kappa shape index (κ3) is 6.00.